The van der Waals surface area contributed by atoms with Crippen molar-refractivity contribution in [3.05, 3.63) is 5.32 Å². The van der Waals surface area contributed by atoms with E-state index in [2.05, 4.69) is 55.4 Å². The maximum atomic E-state index is 10.7. The third kappa shape index (κ3) is 7.63. The Hall–Kier alpha value is -0.391. The zero-order valence-corrected chi connectivity index (χ0v) is 20.2. The summed E-state index contributed by atoms with van der Waals surface area (Å²) < 4.78 is 69.4. The van der Waals surface area contributed by atoms with Crippen LogP contribution in [0.25, 0.3) is 5.32 Å². The Morgan fingerprint density at radius 1 is 1.00 bits per heavy atom. The predicted octanol–water partition coefficient (Wildman–Crippen LogP) is 4.39. The van der Waals surface area contributed by atoms with E-state index in [0.29, 0.717) is 13.2 Å². The number of hydrogen-bond donors (Lipinski definition) is 1. The van der Waals surface area contributed by atoms with Crippen molar-refractivity contribution in [2.24, 2.45) is 21.2 Å². The minimum absolute atomic E-state index is 0. The zero-order chi connectivity index (χ0) is 23.1. The van der Waals surface area contributed by atoms with Gasteiger partial charge in [0, 0.05) is 12.0 Å². The molecule has 0 aromatic carbocycles. The van der Waals surface area contributed by atoms with E-state index in [1.54, 1.807) is 0 Å². The van der Waals surface area contributed by atoms with Gasteiger partial charge in [0.1, 0.15) is 6.61 Å². The van der Waals surface area contributed by atoms with Gasteiger partial charge < -0.3 is 14.8 Å². The van der Waals surface area contributed by atoms with E-state index in [9.17, 15) is 13.2 Å². The zero-order valence-electron chi connectivity index (χ0n) is 18.5. The number of rotatable bonds is 2. The molecule has 2 rings (SSSR count). The number of ether oxygens (including phenoxy) is 2. The van der Waals surface area contributed by atoms with Crippen molar-refractivity contribution in [3.63, 3.8) is 0 Å². The van der Waals surface area contributed by atoms with Gasteiger partial charge in [-0.15, -0.1) is 6.04 Å². The number of alkyl halides is 3. The molecule has 0 bridgehead atoms. The number of nitrogens with zero attached hydrogens (tertiary/aromatic N) is 2. The van der Waals surface area contributed by atoms with Gasteiger partial charge in [-0.1, -0.05) is 60.8 Å². The smallest absolute Gasteiger partial charge is 0.631 e. The van der Waals surface area contributed by atoms with Crippen LogP contribution in [0.1, 0.15) is 55.4 Å². The fraction of sp³-hybridized carbons (Fsp3) is 0.944. The molecule has 182 valence electrons. The minimum Gasteiger partial charge on any atom is -0.631 e. The molecule has 0 aromatic heterocycles. The first-order valence-electron chi connectivity index (χ1n) is 9.23. The largest absolute Gasteiger partial charge is 1.00 e. The number of hydrogen-bond acceptors (Lipinski definition) is 5. The van der Waals surface area contributed by atoms with Gasteiger partial charge in [-0.25, -0.2) is 4.99 Å². The molecule has 7 nitrogen and oxygen atoms in total. The molecule has 2 aliphatic rings. The first-order valence-corrected chi connectivity index (χ1v) is 10.7. The van der Waals surface area contributed by atoms with Crippen LogP contribution in [0.15, 0.2) is 4.99 Å². The molecule has 1 N–H and O–H groups in total. The van der Waals surface area contributed by atoms with Gasteiger partial charge in [-0.05, 0) is 11.6 Å². The second-order valence-corrected chi connectivity index (χ2v) is 11.4. The average Bonchev–Trinajstić information content (AvgIpc) is 3.15. The van der Waals surface area contributed by atoms with Crippen molar-refractivity contribution in [1.82, 2.24) is 0 Å². The van der Waals surface area contributed by atoms with E-state index in [1.807, 2.05) is 0 Å². The normalized spacial score (nSPS) is 25.6. The van der Waals surface area contributed by atoms with Crippen molar-refractivity contribution in [2.45, 2.75) is 79.2 Å². The van der Waals surface area contributed by atoms with E-state index in [4.69, 9.17) is 32.8 Å². The Morgan fingerprint density at radius 3 is 1.77 bits per heavy atom. The summed E-state index contributed by atoms with van der Waals surface area (Å²) in [6.45, 7) is 18.8. The average molecular weight is 509 g/mol. The summed E-state index contributed by atoms with van der Waals surface area (Å²) in [5.74, 6) is 0.797. The SMILES string of the molecule is CC(C)(C1=N[C@@H](C(C)(C)C)CO1)C1[N-][C@@H](C(C)(C)C)CO1.O=S(=O)(O)C(F)(F)F.[Cu+]. The van der Waals surface area contributed by atoms with E-state index in [-0.39, 0.29) is 51.6 Å². The van der Waals surface area contributed by atoms with Gasteiger partial charge in [0.05, 0.1) is 6.04 Å². The molecule has 1 fully saturated rings. The Bertz CT molecular complexity index is 713. The Kier molecular flexibility index (Phi) is 9.50. The molecule has 0 radical (unpaired) electrons. The summed E-state index contributed by atoms with van der Waals surface area (Å²) >= 11 is 0. The molecular formula is C18H32CuF3N2O5S. The standard InChI is InChI=1S/C17H31N2O2.CHF3O3S.Cu/c1-15(2,3)11-9-20-13(18-11)17(7,8)14-19-12(10-21-14)16(4,5)6;2-1(3,4)8(5,6)7;/h11-13H,9-10H2,1-8H3;(H,5,6,7);/q-1;;+1/t11-,12-,13?;;/m1../s1. The van der Waals surface area contributed by atoms with Gasteiger partial charge in [0.15, 0.2) is 5.90 Å². The first-order chi connectivity index (χ1) is 12.7. The van der Waals surface area contributed by atoms with Gasteiger partial charge in [0.2, 0.25) is 0 Å². The number of aliphatic imine (C=N–C) groups is 1. The molecule has 2 aliphatic heterocycles. The molecule has 0 saturated carbocycles. The summed E-state index contributed by atoms with van der Waals surface area (Å²) in [7, 11) is -5.84. The Labute approximate surface area is 187 Å². The molecule has 12 heteroatoms. The van der Waals surface area contributed by atoms with Gasteiger partial charge >= 0.3 is 32.7 Å². The summed E-state index contributed by atoms with van der Waals surface area (Å²) in [5, 5.41) is 4.88. The maximum absolute atomic E-state index is 10.7. The maximum Gasteiger partial charge on any atom is 1.00 e. The van der Waals surface area contributed by atoms with Crippen LogP contribution in [0.4, 0.5) is 13.2 Å². The monoisotopic (exact) mass is 508 g/mol. The van der Waals surface area contributed by atoms with Crippen LogP contribution in [0.5, 0.6) is 0 Å². The molecule has 1 unspecified atom stereocenters. The fourth-order valence-corrected chi connectivity index (χ4v) is 2.58. The van der Waals surface area contributed by atoms with Gasteiger partial charge in [-0.3, -0.25) is 4.55 Å². The van der Waals surface area contributed by atoms with Crippen molar-refractivity contribution < 1.29 is 52.7 Å². The van der Waals surface area contributed by atoms with Crippen molar-refractivity contribution in [1.29, 1.82) is 0 Å². The van der Waals surface area contributed by atoms with Gasteiger partial charge in [-0.2, -0.15) is 21.6 Å². The first kappa shape index (κ1) is 29.6. The van der Waals surface area contributed by atoms with Crippen LogP contribution >= 0.6 is 0 Å². The molecule has 2 heterocycles. The summed E-state index contributed by atoms with van der Waals surface area (Å²) in [5.41, 5.74) is -5.58. The number of halogens is 3. The molecule has 3 atom stereocenters. The minimum atomic E-state index is -5.84. The van der Waals surface area contributed by atoms with Crippen molar-refractivity contribution >= 4 is 16.0 Å². The second-order valence-electron chi connectivity index (χ2n) is 9.99. The molecule has 0 amide bonds. The van der Waals surface area contributed by atoms with Crippen LogP contribution < -0.4 is 0 Å². The van der Waals surface area contributed by atoms with Crippen LogP contribution in [0, 0.1) is 16.2 Å². The fourth-order valence-electron chi connectivity index (χ4n) is 2.58. The Morgan fingerprint density at radius 2 is 1.47 bits per heavy atom. The van der Waals surface area contributed by atoms with E-state index < -0.39 is 15.6 Å². The molecule has 30 heavy (non-hydrogen) atoms. The van der Waals surface area contributed by atoms with Crippen LogP contribution in [0.3, 0.4) is 0 Å². The van der Waals surface area contributed by atoms with Crippen LogP contribution in [0.2, 0.25) is 0 Å². The quantitative estimate of drug-likeness (QED) is 0.339. The van der Waals surface area contributed by atoms with E-state index in [1.165, 1.54) is 0 Å². The predicted molar refractivity (Wildman–Crippen MR) is 104 cm³/mol. The Balaban J connectivity index is 0.000000801. The third-order valence-corrected chi connectivity index (χ3v) is 5.42. The molecular weight excluding hydrogens is 477 g/mol. The summed E-state index contributed by atoms with van der Waals surface area (Å²) in [4.78, 5) is 4.82. The molecule has 0 aliphatic carbocycles. The topological polar surface area (TPSA) is 99.3 Å². The third-order valence-electron chi connectivity index (χ3n) is 4.84. The van der Waals surface area contributed by atoms with E-state index in [0.717, 1.165) is 5.90 Å². The summed E-state index contributed by atoms with van der Waals surface area (Å²) in [6.07, 6.45) is -0.167. The van der Waals surface area contributed by atoms with Crippen molar-refractivity contribution in [3.8, 4) is 0 Å². The van der Waals surface area contributed by atoms with Crippen LogP contribution in [-0.2, 0) is 36.7 Å². The molecule has 0 spiro atoms. The summed E-state index contributed by atoms with van der Waals surface area (Å²) in [6, 6.07) is 0.453. The second kappa shape index (κ2) is 9.62. The molecule has 0 aromatic rings. The molecule has 1 saturated heterocycles. The van der Waals surface area contributed by atoms with E-state index >= 15 is 0 Å². The van der Waals surface area contributed by atoms with Crippen molar-refractivity contribution in [2.75, 3.05) is 13.2 Å². The van der Waals surface area contributed by atoms with Crippen LogP contribution in [-0.4, -0.2) is 55.9 Å². The van der Waals surface area contributed by atoms with Gasteiger partial charge in [0.25, 0.3) is 0 Å².